The topological polar surface area (TPSA) is 17.1 Å². The van der Waals surface area contributed by atoms with E-state index in [9.17, 15) is 4.79 Å². The van der Waals surface area contributed by atoms with E-state index in [1.165, 1.54) is 47.1 Å². The fourth-order valence-electron chi connectivity index (χ4n) is 4.72. The van der Waals surface area contributed by atoms with Gasteiger partial charge in [-0.05, 0) is 61.8 Å². The Morgan fingerprint density at radius 2 is 1.54 bits per heavy atom. The predicted octanol–water partition coefficient (Wildman–Crippen LogP) is 5.18. The Kier molecular flexibility index (Phi) is 9.05. The number of nitrogens with zero attached hydrogens (tertiary/aromatic N) is 1. The number of rotatable bonds is 7. The van der Waals surface area contributed by atoms with E-state index in [-0.39, 0.29) is 32.7 Å². The van der Waals surface area contributed by atoms with Crippen molar-refractivity contribution in [2.75, 3.05) is 19.6 Å². The van der Waals surface area contributed by atoms with Crippen LogP contribution in [0.15, 0.2) is 42.5 Å². The van der Waals surface area contributed by atoms with Gasteiger partial charge in [-0.1, -0.05) is 49.4 Å². The molecule has 3 heteroatoms. The molecule has 0 atom stereocenters. The van der Waals surface area contributed by atoms with Crippen molar-refractivity contribution in [1.29, 1.82) is 0 Å². The summed E-state index contributed by atoms with van der Waals surface area (Å²) in [5.74, 6) is 0.392. The quantitative estimate of drug-likeness (QED) is 0.529. The van der Waals surface area contributed by atoms with Crippen LogP contribution >= 0.6 is 0 Å². The molecule has 1 saturated heterocycles. The summed E-state index contributed by atoms with van der Waals surface area (Å²) in [7, 11) is 0. The average Bonchev–Trinajstić information content (AvgIpc) is 2.66. The van der Waals surface area contributed by atoms with E-state index in [1.54, 1.807) is 0 Å². The van der Waals surface area contributed by atoms with Crippen LogP contribution in [0.1, 0.15) is 54.0 Å². The normalized spacial score (nSPS) is 15.7. The molecule has 1 heterocycles. The molecule has 0 saturated carbocycles. The second-order valence-corrected chi connectivity index (χ2v) is 8.43. The Balaban J connectivity index is 0.00000280. The van der Waals surface area contributed by atoms with Crippen molar-refractivity contribution < 1.29 is 42.0 Å². The van der Waals surface area contributed by atoms with Crippen LogP contribution < -0.4 is 0 Å². The van der Waals surface area contributed by atoms with E-state index < -0.39 is 0 Å². The number of ketones is 1. The summed E-state index contributed by atoms with van der Waals surface area (Å²) in [5, 5.41) is 0. The average molecular weight is 453 g/mol. The molecular formula is C25H34NOY+. The summed E-state index contributed by atoms with van der Waals surface area (Å²) < 4.78 is 0.938. The minimum absolute atomic E-state index is 0. The van der Waals surface area contributed by atoms with Crippen LogP contribution in [0.25, 0.3) is 0 Å². The largest absolute Gasteiger partial charge is 0.314 e. The van der Waals surface area contributed by atoms with E-state index in [2.05, 4.69) is 63.2 Å². The Morgan fingerprint density at radius 3 is 2.11 bits per heavy atom. The van der Waals surface area contributed by atoms with Crippen molar-refractivity contribution in [2.45, 2.75) is 59.4 Å². The molecule has 28 heavy (non-hydrogen) atoms. The van der Waals surface area contributed by atoms with Gasteiger partial charge in [0, 0.05) is 44.7 Å². The number of hydrogen-bond donors (Lipinski definition) is 0. The summed E-state index contributed by atoms with van der Waals surface area (Å²) in [6.45, 7) is 10.4. The first-order chi connectivity index (χ1) is 13.0. The maximum Gasteiger partial charge on any atom is 0.191 e. The van der Waals surface area contributed by atoms with Gasteiger partial charge in [0.25, 0.3) is 0 Å². The first-order valence-electron chi connectivity index (χ1n) is 10.5. The van der Waals surface area contributed by atoms with Gasteiger partial charge in [-0.3, -0.25) is 4.79 Å². The summed E-state index contributed by atoms with van der Waals surface area (Å²) in [5.41, 5.74) is 6.51. The van der Waals surface area contributed by atoms with E-state index in [0.717, 1.165) is 30.5 Å². The second kappa shape index (κ2) is 10.8. The van der Waals surface area contributed by atoms with E-state index in [0.29, 0.717) is 18.7 Å². The van der Waals surface area contributed by atoms with Crippen molar-refractivity contribution in [3.8, 4) is 0 Å². The summed E-state index contributed by atoms with van der Waals surface area (Å²) in [6.07, 6.45) is 5.41. The SMILES string of the molecule is CCc1cc(C)c(CC(=O)C[N+]2(Cc3ccccc3)CCCCC2)c(C)c1.[Y]. The first kappa shape index (κ1) is 23.5. The molecule has 0 amide bonds. The molecule has 1 radical (unpaired) electrons. The maximum absolute atomic E-state index is 13.1. The van der Waals surface area contributed by atoms with Crippen LogP contribution in [-0.4, -0.2) is 29.9 Å². The minimum atomic E-state index is 0. The van der Waals surface area contributed by atoms with Crippen LogP contribution in [0.5, 0.6) is 0 Å². The Bertz CT molecular complexity index is 755. The van der Waals surface area contributed by atoms with Crippen molar-refractivity contribution in [3.05, 3.63) is 70.3 Å². The van der Waals surface area contributed by atoms with Crippen LogP contribution in [0.2, 0.25) is 0 Å². The number of benzene rings is 2. The fraction of sp³-hybridized carbons (Fsp3) is 0.480. The molecule has 1 fully saturated rings. The number of piperidine rings is 1. The van der Waals surface area contributed by atoms with Gasteiger partial charge in [-0.15, -0.1) is 0 Å². The smallest absolute Gasteiger partial charge is 0.191 e. The molecule has 3 rings (SSSR count). The van der Waals surface area contributed by atoms with Crippen molar-refractivity contribution in [3.63, 3.8) is 0 Å². The molecule has 2 aromatic rings. The molecule has 2 aromatic carbocycles. The molecule has 0 aromatic heterocycles. The van der Waals surface area contributed by atoms with Gasteiger partial charge in [0.1, 0.15) is 13.1 Å². The standard InChI is InChI=1S/C25H34NO.Y/c1-4-22-15-20(2)25(21(3)16-22)17-24(27)19-26(13-9-6-10-14-26)18-23-11-7-5-8-12-23;/h5,7-8,11-12,15-16H,4,6,9-10,13-14,17-19H2,1-3H3;/q+1;. The molecule has 0 N–H and O–H groups in total. The molecule has 2 nitrogen and oxygen atoms in total. The van der Waals surface area contributed by atoms with Gasteiger partial charge in [0.15, 0.2) is 5.78 Å². The number of likely N-dealkylation sites (tertiary alicyclic amines) is 1. The summed E-state index contributed by atoms with van der Waals surface area (Å²) in [4.78, 5) is 13.1. The van der Waals surface area contributed by atoms with Gasteiger partial charge in [-0.2, -0.15) is 0 Å². The molecule has 147 valence electrons. The Labute approximate surface area is 196 Å². The molecule has 1 aliphatic rings. The zero-order valence-electron chi connectivity index (χ0n) is 17.8. The molecule has 0 spiro atoms. The Morgan fingerprint density at radius 1 is 0.929 bits per heavy atom. The van der Waals surface area contributed by atoms with Crippen molar-refractivity contribution in [2.24, 2.45) is 0 Å². The summed E-state index contributed by atoms with van der Waals surface area (Å²) >= 11 is 0. The number of aryl methyl sites for hydroxylation is 3. The third kappa shape index (κ3) is 6.08. The Hall–Kier alpha value is -0.826. The number of quaternary nitrogens is 1. The molecule has 0 bridgehead atoms. The van der Waals surface area contributed by atoms with Gasteiger partial charge < -0.3 is 4.48 Å². The fourth-order valence-corrected chi connectivity index (χ4v) is 4.72. The van der Waals surface area contributed by atoms with Crippen molar-refractivity contribution >= 4 is 5.78 Å². The van der Waals surface area contributed by atoms with Gasteiger partial charge in [0.05, 0.1) is 13.1 Å². The number of hydrogen-bond acceptors (Lipinski definition) is 1. The van der Waals surface area contributed by atoms with Crippen LogP contribution in [0, 0.1) is 13.8 Å². The van der Waals surface area contributed by atoms with Crippen LogP contribution in [0.4, 0.5) is 0 Å². The zero-order valence-corrected chi connectivity index (χ0v) is 20.7. The second-order valence-electron chi connectivity index (χ2n) is 8.43. The van der Waals surface area contributed by atoms with Crippen LogP contribution in [-0.2, 0) is 56.9 Å². The molecule has 0 aliphatic carbocycles. The third-order valence-electron chi connectivity index (χ3n) is 6.18. The summed E-state index contributed by atoms with van der Waals surface area (Å²) in [6, 6.07) is 15.2. The van der Waals surface area contributed by atoms with Crippen LogP contribution in [0.3, 0.4) is 0 Å². The third-order valence-corrected chi connectivity index (χ3v) is 6.18. The van der Waals surface area contributed by atoms with Crippen molar-refractivity contribution in [1.82, 2.24) is 0 Å². The molecule has 1 aliphatic heterocycles. The monoisotopic (exact) mass is 453 g/mol. The van der Waals surface area contributed by atoms with E-state index >= 15 is 0 Å². The first-order valence-corrected chi connectivity index (χ1v) is 10.5. The molecular weight excluding hydrogens is 419 g/mol. The molecule has 0 unspecified atom stereocenters. The van der Waals surface area contributed by atoms with Gasteiger partial charge in [0.2, 0.25) is 0 Å². The van der Waals surface area contributed by atoms with E-state index in [1.807, 2.05) is 0 Å². The minimum Gasteiger partial charge on any atom is -0.314 e. The number of carbonyl (C=O) groups is 1. The predicted molar refractivity (Wildman–Crippen MR) is 113 cm³/mol. The maximum atomic E-state index is 13.1. The van der Waals surface area contributed by atoms with E-state index in [4.69, 9.17) is 0 Å². The zero-order chi connectivity index (χ0) is 19.3. The number of Topliss-reactive ketones (excluding diaryl/α,β-unsaturated/α-hetero) is 1. The van der Waals surface area contributed by atoms with Gasteiger partial charge >= 0.3 is 0 Å². The number of carbonyl (C=O) groups excluding carboxylic acids is 1. The van der Waals surface area contributed by atoms with Gasteiger partial charge in [-0.25, -0.2) is 0 Å².